The maximum atomic E-state index is 14.5. The number of halogens is 3. The van der Waals surface area contributed by atoms with Gasteiger partial charge in [0.1, 0.15) is 24.4 Å². The quantitative estimate of drug-likeness (QED) is 0.201. The van der Waals surface area contributed by atoms with E-state index in [0.29, 0.717) is 17.2 Å². The smallest absolute Gasteiger partial charge is 0.291 e. The number of nitrogens with zero attached hydrogens (tertiary/aromatic N) is 3. The van der Waals surface area contributed by atoms with Crippen LogP contribution >= 0.6 is 23.2 Å². The summed E-state index contributed by atoms with van der Waals surface area (Å²) in [4.78, 5) is 16.6. The Morgan fingerprint density at radius 2 is 1.62 bits per heavy atom. The zero-order valence-electron chi connectivity index (χ0n) is 20.7. The molecule has 4 aromatic carbocycles. The Hall–Kier alpha value is -4.60. The van der Waals surface area contributed by atoms with Crippen molar-refractivity contribution in [1.82, 2.24) is 20.1 Å². The van der Waals surface area contributed by atoms with Gasteiger partial charge in [-0.05, 0) is 47.5 Å². The zero-order valence-corrected chi connectivity index (χ0v) is 22.2. The zero-order chi connectivity index (χ0) is 28.1. The molecule has 0 radical (unpaired) electrons. The Bertz CT molecular complexity index is 1620. The molecular formula is C29H21Cl2FN4O4. The van der Waals surface area contributed by atoms with Gasteiger partial charge in [0.2, 0.25) is 5.82 Å². The standard InChI is InChI=1S/C29H21Cl2FN4O4/c30-23-12-20(13-24(31)27(23)37)36-17-34-28(35-36)29(38)33-15-18-6-8-21(9-7-18)40-22-10-11-26(25(32)14-22)39-16-19-4-2-1-3-5-19/h1-14,17,37H,15-16H2,(H,33,38). The summed E-state index contributed by atoms with van der Waals surface area (Å²) < 4.78 is 27.1. The molecule has 0 bridgehead atoms. The van der Waals surface area contributed by atoms with Gasteiger partial charge in [0.25, 0.3) is 5.91 Å². The fourth-order valence-corrected chi connectivity index (χ4v) is 4.12. The monoisotopic (exact) mass is 578 g/mol. The van der Waals surface area contributed by atoms with Crippen LogP contribution in [0.15, 0.2) is 91.3 Å². The minimum atomic E-state index is -0.527. The number of carbonyl (C=O) groups excluding carboxylic acids is 1. The predicted octanol–water partition coefficient (Wildman–Crippen LogP) is 6.72. The average molecular weight is 579 g/mol. The number of hydrogen-bond donors (Lipinski definition) is 2. The molecule has 0 saturated carbocycles. The van der Waals surface area contributed by atoms with Crippen molar-refractivity contribution in [1.29, 1.82) is 0 Å². The van der Waals surface area contributed by atoms with Gasteiger partial charge in [-0.3, -0.25) is 4.79 Å². The first-order chi connectivity index (χ1) is 19.4. The number of rotatable bonds is 9. The number of aromatic hydroxyl groups is 1. The molecule has 5 rings (SSSR count). The van der Waals surface area contributed by atoms with Gasteiger partial charge in [0.15, 0.2) is 17.3 Å². The molecule has 1 heterocycles. The van der Waals surface area contributed by atoms with Crippen LogP contribution in [0.3, 0.4) is 0 Å². The second-order valence-electron chi connectivity index (χ2n) is 8.57. The van der Waals surface area contributed by atoms with Crippen molar-refractivity contribution < 1.29 is 23.8 Å². The topological polar surface area (TPSA) is 98.5 Å². The Balaban J connectivity index is 1.14. The summed E-state index contributed by atoms with van der Waals surface area (Å²) in [5.41, 5.74) is 2.17. The molecule has 0 saturated heterocycles. The van der Waals surface area contributed by atoms with Crippen molar-refractivity contribution in [3.63, 3.8) is 0 Å². The van der Waals surface area contributed by atoms with E-state index in [-0.39, 0.29) is 40.5 Å². The van der Waals surface area contributed by atoms with E-state index < -0.39 is 11.7 Å². The van der Waals surface area contributed by atoms with E-state index in [1.165, 1.54) is 35.3 Å². The molecule has 0 atom stereocenters. The first-order valence-corrected chi connectivity index (χ1v) is 12.7. The van der Waals surface area contributed by atoms with Gasteiger partial charge in [-0.1, -0.05) is 65.7 Å². The normalized spacial score (nSPS) is 10.8. The summed E-state index contributed by atoms with van der Waals surface area (Å²) in [5.74, 6) is -0.352. The minimum Gasteiger partial charge on any atom is -0.505 e. The lowest BCUT2D eigenvalue weighted by atomic mass is 10.2. The van der Waals surface area contributed by atoms with Crippen LogP contribution in [0.2, 0.25) is 10.0 Å². The Morgan fingerprint density at radius 1 is 0.925 bits per heavy atom. The second kappa shape index (κ2) is 12.1. The van der Waals surface area contributed by atoms with Gasteiger partial charge in [0, 0.05) is 12.6 Å². The van der Waals surface area contributed by atoms with Gasteiger partial charge < -0.3 is 19.9 Å². The predicted molar refractivity (Wildman–Crippen MR) is 148 cm³/mol. The molecular weight excluding hydrogens is 558 g/mol. The van der Waals surface area contributed by atoms with Crippen molar-refractivity contribution >= 4 is 29.1 Å². The Morgan fingerprint density at radius 3 is 2.33 bits per heavy atom. The molecule has 0 unspecified atom stereocenters. The molecule has 1 aromatic heterocycles. The fraction of sp³-hybridized carbons (Fsp3) is 0.0690. The van der Waals surface area contributed by atoms with Crippen molar-refractivity contribution in [3.8, 4) is 28.7 Å². The van der Waals surface area contributed by atoms with Gasteiger partial charge >= 0.3 is 0 Å². The van der Waals surface area contributed by atoms with Crippen molar-refractivity contribution in [3.05, 3.63) is 124 Å². The number of phenolic OH excluding ortho intramolecular Hbond substituents is 1. The lowest BCUT2D eigenvalue weighted by Gasteiger charge is -2.10. The number of aromatic nitrogens is 3. The van der Waals surface area contributed by atoms with E-state index in [2.05, 4.69) is 15.4 Å². The summed E-state index contributed by atoms with van der Waals surface area (Å²) in [6.45, 7) is 0.475. The third kappa shape index (κ3) is 6.51. The molecule has 0 fully saturated rings. The second-order valence-corrected chi connectivity index (χ2v) is 9.38. The maximum Gasteiger partial charge on any atom is 0.291 e. The maximum absolute atomic E-state index is 14.5. The number of ether oxygens (including phenoxy) is 2. The highest BCUT2D eigenvalue weighted by Crippen LogP contribution is 2.33. The van der Waals surface area contributed by atoms with Crippen LogP contribution in [0.5, 0.6) is 23.0 Å². The van der Waals surface area contributed by atoms with Crippen LogP contribution in [-0.4, -0.2) is 25.8 Å². The fourth-order valence-electron chi connectivity index (χ4n) is 3.65. The number of benzene rings is 4. The molecule has 5 aromatic rings. The number of hydrogen-bond acceptors (Lipinski definition) is 6. The van der Waals surface area contributed by atoms with Gasteiger partial charge in [-0.15, -0.1) is 5.10 Å². The minimum absolute atomic E-state index is 0.0476. The van der Waals surface area contributed by atoms with E-state index in [4.69, 9.17) is 32.7 Å². The number of phenols is 1. The molecule has 0 spiro atoms. The summed E-state index contributed by atoms with van der Waals surface area (Å²) in [5, 5.41) is 16.7. The molecule has 2 N–H and O–H groups in total. The van der Waals surface area contributed by atoms with E-state index in [1.54, 1.807) is 30.3 Å². The van der Waals surface area contributed by atoms with Crippen LogP contribution in [0.4, 0.5) is 4.39 Å². The lowest BCUT2D eigenvalue weighted by molar-refractivity contribution is 0.0940. The third-order valence-electron chi connectivity index (χ3n) is 5.71. The molecule has 8 nitrogen and oxygen atoms in total. The van der Waals surface area contributed by atoms with Gasteiger partial charge in [0.05, 0.1) is 15.7 Å². The molecule has 0 aliphatic carbocycles. The molecule has 1 amide bonds. The summed E-state index contributed by atoms with van der Waals surface area (Å²) in [7, 11) is 0. The van der Waals surface area contributed by atoms with E-state index in [1.807, 2.05) is 30.3 Å². The summed E-state index contributed by atoms with van der Waals surface area (Å²) in [6, 6.07) is 23.8. The Kier molecular flexibility index (Phi) is 8.14. The average Bonchev–Trinajstić information content (AvgIpc) is 3.46. The largest absolute Gasteiger partial charge is 0.505 e. The Labute approximate surface area is 238 Å². The molecule has 202 valence electrons. The van der Waals surface area contributed by atoms with E-state index in [9.17, 15) is 14.3 Å². The van der Waals surface area contributed by atoms with Crippen LogP contribution < -0.4 is 14.8 Å². The molecule has 40 heavy (non-hydrogen) atoms. The number of carbonyl (C=O) groups is 1. The highest BCUT2D eigenvalue weighted by molar-refractivity contribution is 6.37. The third-order valence-corrected chi connectivity index (χ3v) is 6.29. The number of amides is 1. The summed E-state index contributed by atoms with van der Waals surface area (Å²) in [6.07, 6.45) is 1.34. The first-order valence-electron chi connectivity index (χ1n) is 12.0. The molecule has 0 aliphatic rings. The first kappa shape index (κ1) is 27.0. The highest BCUT2D eigenvalue weighted by Gasteiger charge is 2.14. The molecule has 11 heteroatoms. The van der Waals surface area contributed by atoms with Crippen molar-refractivity contribution in [2.24, 2.45) is 0 Å². The van der Waals surface area contributed by atoms with Crippen LogP contribution in [0, 0.1) is 5.82 Å². The van der Waals surface area contributed by atoms with Gasteiger partial charge in [-0.25, -0.2) is 14.1 Å². The van der Waals surface area contributed by atoms with E-state index >= 15 is 0 Å². The lowest BCUT2D eigenvalue weighted by Crippen LogP contribution is -2.24. The number of nitrogens with one attached hydrogen (secondary N) is 1. The SMILES string of the molecule is O=C(NCc1ccc(Oc2ccc(OCc3ccccc3)c(F)c2)cc1)c1ncn(-c2cc(Cl)c(O)c(Cl)c2)n1. The van der Waals surface area contributed by atoms with Crippen LogP contribution in [0.25, 0.3) is 5.69 Å². The van der Waals surface area contributed by atoms with E-state index in [0.717, 1.165) is 11.1 Å². The molecule has 0 aliphatic heterocycles. The summed E-state index contributed by atoms with van der Waals surface area (Å²) >= 11 is 11.9. The van der Waals surface area contributed by atoms with Crippen molar-refractivity contribution in [2.75, 3.05) is 0 Å². The van der Waals surface area contributed by atoms with Crippen LogP contribution in [-0.2, 0) is 13.2 Å². The van der Waals surface area contributed by atoms with Crippen LogP contribution in [0.1, 0.15) is 21.7 Å². The highest BCUT2D eigenvalue weighted by atomic mass is 35.5. The van der Waals surface area contributed by atoms with Crippen molar-refractivity contribution in [2.45, 2.75) is 13.2 Å². The van der Waals surface area contributed by atoms with Gasteiger partial charge in [-0.2, -0.15) is 0 Å².